The summed E-state index contributed by atoms with van der Waals surface area (Å²) < 4.78 is 0. The smallest absolute Gasteiger partial charge is 0.353 e. The van der Waals surface area contributed by atoms with E-state index in [0.717, 1.165) is 17.5 Å². The highest BCUT2D eigenvalue weighted by Crippen LogP contribution is 2.23. The predicted octanol–water partition coefficient (Wildman–Crippen LogP) is 2.65. The van der Waals surface area contributed by atoms with Crippen molar-refractivity contribution in [3.05, 3.63) is 41.1 Å². The molecule has 0 aliphatic heterocycles. The van der Waals surface area contributed by atoms with Crippen molar-refractivity contribution in [3.63, 3.8) is 0 Å². The lowest BCUT2D eigenvalue weighted by Crippen LogP contribution is -1.95. The summed E-state index contributed by atoms with van der Waals surface area (Å²) in [7, 11) is 0. The van der Waals surface area contributed by atoms with Crippen LogP contribution < -0.4 is 0 Å². The molecule has 0 saturated carbocycles. The largest absolute Gasteiger partial charge is 0.477 e. The average Bonchev–Trinajstić information content (AvgIpc) is 2.79. The molecule has 0 radical (unpaired) electrons. The average molecular weight is 230 g/mol. The van der Waals surface area contributed by atoms with Gasteiger partial charge in [0.1, 0.15) is 5.69 Å². The minimum Gasteiger partial charge on any atom is -0.477 e. The number of carboxylic acids is 1. The van der Waals surface area contributed by atoms with E-state index in [-0.39, 0.29) is 5.69 Å². The SMILES string of the molecule is CCc1ccc(C)c(-c2cc(C(=O)O)[nH]n2)c1. The summed E-state index contributed by atoms with van der Waals surface area (Å²) in [4.78, 5) is 10.8. The number of carboxylic acid groups (broad SMARTS) is 1. The van der Waals surface area contributed by atoms with Crippen molar-refractivity contribution < 1.29 is 9.90 Å². The Balaban J connectivity index is 2.47. The summed E-state index contributed by atoms with van der Waals surface area (Å²) in [5, 5.41) is 15.4. The van der Waals surface area contributed by atoms with Crippen LogP contribution >= 0.6 is 0 Å². The summed E-state index contributed by atoms with van der Waals surface area (Å²) in [6.07, 6.45) is 0.948. The molecule has 88 valence electrons. The minimum absolute atomic E-state index is 0.112. The summed E-state index contributed by atoms with van der Waals surface area (Å²) in [5.74, 6) is -0.993. The first kappa shape index (κ1) is 11.4. The first-order chi connectivity index (χ1) is 8.11. The van der Waals surface area contributed by atoms with Gasteiger partial charge in [-0.25, -0.2) is 4.79 Å². The third kappa shape index (κ3) is 2.20. The Morgan fingerprint density at radius 2 is 2.18 bits per heavy atom. The molecule has 4 nitrogen and oxygen atoms in total. The predicted molar refractivity (Wildman–Crippen MR) is 65.1 cm³/mol. The van der Waals surface area contributed by atoms with E-state index in [4.69, 9.17) is 5.11 Å². The van der Waals surface area contributed by atoms with Crippen LogP contribution in [0.4, 0.5) is 0 Å². The molecule has 0 fully saturated rings. The highest BCUT2D eigenvalue weighted by atomic mass is 16.4. The zero-order valence-electron chi connectivity index (χ0n) is 9.82. The van der Waals surface area contributed by atoms with Gasteiger partial charge < -0.3 is 5.11 Å². The van der Waals surface area contributed by atoms with Gasteiger partial charge in [0.2, 0.25) is 0 Å². The van der Waals surface area contributed by atoms with Crippen molar-refractivity contribution in [1.82, 2.24) is 10.2 Å². The van der Waals surface area contributed by atoms with E-state index < -0.39 is 5.97 Å². The highest BCUT2D eigenvalue weighted by molar-refractivity contribution is 5.87. The second kappa shape index (κ2) is 4.41. The van der Waals surface area contributed by atoms with Crippen LogP contribution in [0.5, 0.6) is 0 Å². The Morgan fingerprint density at radius 3 is 2.76 bits per heavy atom. The van der Waals surface area contributed by atoms with Gasteiger partial charge in [-0.2, -0.15) is 5.10 Å². The van der Waals surface area contributed by atoms with E-state index in [2.05, 4.69) is 29.3 Å². The van der Waals surface area contributed by atoms with Crippen molar-refractivity contribution in [1.29, 1.82) is 0 Å². The number of H-pyrrole nitrogens is 1. The fourth-order valence-electron chi connectivity index (χ4n) is 1.73. The fourth-order valence-corrected chi connectivity index (χ4v) is 1.73. The number of aromatic carboxylic acids is 1. The van der Waals surface area contributed by atoms with Crippen LogP contribution in [0.2, 0.25) is 0 Å². The Hall–Kier alpha value is -2.10. The Kier molecular flexibility index (Phi) is 2.95. The monoisotopic (exact) mass is 230 g/mol. The number of hydrogen-bond acceptors (Lipinski definition) is 2. The van der Waals surface area contributed by atoms with Gasteiger partial charge in [-0.3, -0.25) is 5.10 Å². The zero-order chi connectivity index (χ0) is 12.4. The molecule has 1 aromatic carbocycles. The molecule has 0 atom stereocenters. The Labute approximate surface area is 99.3 Å². The molecule has 2 N–H and O–H groups in total. The Morgan fingerprint density at radius 1 is 1.41 bits per heavy atom. The standard InChI is InChI=1S/C13H14N2O2/c1-3-9-5-4-8(2)10(6-9)11-7-12(13(16)17)15-14-11/h4-7H,3H2,1-2H3,(H,14,15)(H,16,17). The van der Waals surface area contributed by atoms with Gasteiger partial charge in [-0.15, -0.1) is 0 Å². The molecule has 0 aliphatic rings. The topological polar surface area (TPSA) is 66.0 Å². The second-order valence-electron chi connectivity index (χ2n) is 3.97. The molecule has 17 heavy (non-hydrogen) atoms. The van der Waals surface area contributed by atoms with E-state index in [1.165, 1.54) is 5.56 Å². The number of rotatable bonds is 3. The van der Waals surface area contributed by atoms with Crippen molar-refractivity contribution in [2.24, 2.45) is 0 Å². The number of aromatic nitrogens is 2. The minimum atomic E-state index is -0.993. The highest BCUT2D eigenvalue weighted by Gasteiger charge is 2.11. The van der Waals surface area contributed by atoms with Gasteiger partial charge in [0.15, 0.2) is 0 Å². The normalized spacial score (nSPS) is 10.5. The molecular formula is C13H14N2O2. The number of benzene rings is 1. The number of carbonyl (C=O) groups is 1. The number of hydrogen-bond donors (Lipinski definition) is 2. The zero-order valence-corrected chi connectivity index (χ0v) is 9.82. The van der Waals surface area contributed by atoms with Gasteiger partial charge in [0, 0.05) is 5.56 Å². The molecule has 0 unspecified atom stereocenters. The number of nitrogens with zero attached hydrogens (tertiary/aromatic N) is 1. The quantitative estimate of drug-likeness (QED) is 0.851. The molecule has 0 bridgehead atoms. The lowest BCUT2D eigenvalue weighted by Gasteiger charge is -2.04. The third-order valence-corrected chi connectivity index (χ3v) is 2.79. The van der Waals surface area contributed by atoms with Crippen molar-refractivity contribution >= 4 is 5.97 Å². The third-order valence-electron chi connectivity index (χ3n) is 2.79. The van der Waals surface area contributed by atoms with Crippen molar-refractivity contribution in [2.75, 3.05) is 0 Å². The van der Waals surface area contributed by atoms with Crippen LogP contribution in [0.1, 0.15) is 28.5 Å². The van der Waals surface area contributed by atoms with Gasteiger partial charge in [0.05, 0.1) is 5.69 Å². The lowest BCUT2D eigenvalue weighted by molar-refractivity contribution is 0.0690. The van der Waals surface area contributed by atoms with Gasteiger partial charge in [-0.05, 0) is 36.6 Å². The van der Waals surface area contributed by atoms with E-state index >= 15 is 0 Å². The summed E-state index contributed by atoms with van der Waals surface area (Å²) >= 11 is 0. The number of nitrogens with one attached hydrogen (secondary N) is 1. The summed E-state index contributed by atoms with van der Waals surface area (Å²) in [6, 6.07) is 7.72. The number of aromatic amines is 1. The maximum atomic E-state index is 10.8. The van der Waals surface area contributed by atoms with E-state index in [1.807, 2.05) is 13.0 Å². The van der Waals surface area contributed by atoms with Crippen LogP contribution in [0, 0.1) is 6.92 Å². The molecule has 0 saturated heterocycles. The van der Waals surface area contributed by atoms with Crippen LogP contribution in [0.3, 0.4) is 0 Å². The Bertz CT molecular complexity index is 558. The second-order valence-corrected chi connectivity index (χ2v) is 3.97. The molecule has 1 aromatic heterocycles. The molecular weight excluding hydrogens is 216 g/mol. The maximum Gasteiger partial charge on any atom is 0.353 e. The van der Waals surface area contributed by atoms with Crippen LogP contribution in [-0.2, 0) is 6.42 Å². The summed E-state index contributed by atoms with van der Waals surface area (Å²) in [6.45, 7) is 4.07. The van der Waals surface area contributed by atoms with Crippen LogP contribution in [-0.4, -0.2) is 21.3 Å². The van der Waals surface area contributed by atoms with E-state index in [0.29, 0.717) is 5.69 Å². The first-order valence-corrected chi connectivity index (χ1v) is 5.50. The molecule has 0 aliphatic carbocycles. The van der Waals surface area contributed by atoms with Gasteiger partial charge in [0.25, 0.3) is 0 Å². The summed E-state index contributed by atoms with van der Waals surface area (Å²) in [5.41, 5.74) is 4.07. The molecule has 2 rings (SSSR count). The van der Waals surface area contributed by atoms with Crippen LogP contribution in [0.15, 0.2) is 24.3 Å². The first-order valence-electron chi connectivity index (χ1n) is 5.50. The molecule has 1 heterocycles. The van der Waals surface area contributed by atoms with Gasteiger partial charge in [-0.1, -0.05) is 19.1 Å². The van der Waals surface area contributed by atoms with Crippen molar-refractivity contribution in [3.8, 4) is 11.3 Å². The van der Waals surface area contributed by atoms with Gasteiger partial charge >= 0.3 is 5.97 Å². The van der Waals surface area contributed by atoms with E-state index in [9.17, 15) is 4.79 Å². The molecule has 0 amide bonds. The number of aryl methyl sites for hydroxylation is 2. The van der Waals surface area contributed by atoms with E-state index in [1.54, 1.807) is 6.07 Å². The fraction of sp³-hybridized carbons (Fsp3) is 0.231. The molecule has 2 aromatic rings. The molecule has 0 spiro atoms. The lowest BCUT2D eigenvalue weighted by atomic mass is 10.0. The maximum absolute atomic E-state index is 10.8. The van der Waals surface area contributed by atoms with Crippen molar-refractivity contribution in [2.45, 2.75) is 20.3 Å². The van der Waals surface area contributed by atoms with Crippen LogP contribution in [0.25, 0.3) is 11.3 Å². The molecule has 4 heteroatoms.